The van der Waals surface area contributed by atoms with Crippen molar-refractivity contribution in [3.05, 3.63) is 0 Å². The fourth-order valence-electron chi connectivity index (χ4n) is 0.573. The molecular formula is C6H11I3O. The molecule has 62 valence electrons. The molecule has 0 aromatic carbocycles. The molecule has 1 rings (SSSR count). The molecule has 10 heavy (non-hydrogen) atoms. The van der Waals surface area contributed by atoms with Gasteiger partial charge in [-0.25, -0.2) is 0 Å². The Bertz CT molecular complexity index is 110. The van der Waals surface area contributed by atoms with Crippen molar-refractivity contribution in [2.75, 3.05) is 17.9 Å². The molecule has 1 saturated heterocycles. The molecule has 0 saturated carbocycles. The van der Waals surface area contributed by atoms with Crippen LogP contribution >= 0.6 is 65.4 Å². The van der Waals surface area contributed by atoms with Crippen LogP contribution in [-0.4, -0.2) is 17.9 Å². The van der Waals surface area contributed by atoms with Crippen LogP contribution in [0.1, 0.15) is 6.92 Å². The molecule has 1 fully saturated rings. The third-order valence-corrected chi connectivity index (χ3v) is 9.26. The van der Waals surface area contributed by atoms with Gasteiger partial charge in [-0.3, -0.25) is 0 Å². The van der Waals surface area contributed by atoms with E-state index in [9.17, 15) is 0 Å². The molecule has 0 aromatic rings. The maximum absolute atomic E-state index is 5.36. The Kier molecular flexibility index (Phi) is 4.51. The molecular weight excluding hydrogens is 469 g/mol. The van der Waals surface area contributed by atoms with Crippen LogP contribution in [0, 0.1) is 5.41 Å². The molecule has 1 aliphatic heterocycles. The standard InChI is InChI=1S/C6H11I3O/c1-6(2-7,3-8)4-9-5-10-9/h2-5H2,1H3. The van der Waals surface area contributed by atoms with E-state index in [0.29, 0.717) is 5.41 Å². The number of rotatable bonds is 4. The maximum atomic E-state index is 5.36. The van der Waals surface area contributed by atoms with Crippen LogP contribution in [0.2, 0.25) is 0 Å². The van der Waals surface area contributed by atoms with E-state index >= 15 is 0 Å². The summed E-state index contributed by atoms with van der Waals surface area (Å²) >= 11 is 4.24. The first-order valence-electron chi connectivity index (χ1n) is 3.07. The van der Waals surface area contributed by atoms with E-state index in [2.05, 4.69) is 52.1 Å². The van der Waals surface area contributed by atoms with Gasteiger partial charge in [0, 0.05) is 0 Å². The minimum absolute atomic E-state index is 0.586. The van der Waals surface area contributed by atoms with Gasteiger partial charge < -0.3 is 0 Å². The third kappa shape index (κ3) is 3.26. The third-order valence-electron chi connectivity index (χ3n) is 1.38. The summed E-state index contributed by atoms with van der Waals surface area (Å²) in [5.41, 5.74) is 0.586. The molecule has 1 nitrogen and oxygen atoms in total. The van der Waals surface area contributed by atoms with Gasteiger partial charge in [0.05, 0.1) is 0 Å². The summed E-state index contributed by atoms with van der Waals surface area (Å²) in [4.78, 5) is 0. The van der Waals surface area contributed by atoms with Crippen LogP contribution in [0.5, 0.6) is 0 Å². The summed E-state index contributed by atoms with van der Waals surface area (Å²) in [6.07, 6.45) is 0. The zero-order chi connectivity index (χ0) is 7.61. The van der Waals surface area contributed by atoms with Crippen molar-refractivity contribution in [1.29, 1.82) is 0 Å². The molecule has 1 aliphatic rings. The van der Waals surface area contributed by atoms with Crippen molar-refractivity contribution < 1.29 is 3.07 Å². The van der Waals surface area contributed by atoms with E-state index in [1.54, 1.807) is 0 Å². The fraction of sp³-hybridized carbons (Fsp3) is 1.00. The molecule has 0 atom stereocenters. The molecule has 0 amide bonds. The Morgan fingerprint density at radius 3 is 2.30 bits per heavy atom. The van der Waals surface area contributed by atoms with E-state index in [1.807, 2.05) is 0 Å². The molecule has 0 unspecified atom stereocenters. The number of hydrogen-bond acceptors (Lipinski definition) is 1. The van der Waals surface area contributed by atoms with Crippen LogP contribution in [0.15, 0.2) is 0 Å². The molecule has 0 bridgehead atoms. The van der Waals surface area contributed by atoms with Gasteiger partial charge in [0.2, 0.25) is 0 Å². The van der Waals surface area contributed by atoms with E-state index in [0.717, 1.165) is 4.61 Å². The predicted molar refractivity (Wildman–Crippen MR) is 70.7 cm³/mol. The molecule has 0 aromatic heterocycles. The van der Waals surface area contributed by atoms with Gasteiger partial charge in [0.1, 0.15) is 0 Å². The first-order valence-corrected chi connectivity index (χ1v) is 10.1. The summed E-state index contributed by atoms with van der Waals surface area (Å²) in [7, 11) is 0. The molecule has 0 radical (unpaired) electrons. The van der Waals surface area contributed by atoms with Crippen molar-refractivity contribution >= 4 is 65.4 Å². The van der Waals surface area contributed by atoms with E-state index in [-0.39, 0.29) is 0 Å². The molecule has 0 aliphatic carbocycles. The van der Waals surface area contributed by atoms with Crippen LogP contribution in [-0.2, 0) is 3.07 Å². The van der Waals surface area contributed by atoms with Crippen molar-refractivity contribution in [3.63, 3.8) is 0 Å². The van der Waals surface area contributed by atoms with Crippen LogP contribution in [0.3, 0.4) is 0 Å². The predicted octanol–water partition coefficient (Wildman–Crippen LogP) is 3.27. The molecule has 4 heteroatoms. The second-order valence-corrected chi connectivity index (χ2v) is 8.70. The van der Waals surface area contributed by atoms with Crippen LogP contribution in [0.25, 0.3) is 0 Å². The van der Waals surface area contributed by atoms with Gasteiger partial charge in [0.15, 0.2) is 0 Å². The van der Waals surface area contributed by atoms with Crippen molar-refractivity contribution in [2.24, 2.45) is 5.41 Å². The topological polar surface area (TPSA) is 12.5 Å². The van der Waals surface area contributed by atoms with Crippen molar-refractivity contribution in [2.45, 2.75) is 6.92 Å². The molecule has 0 spiro atoms. The van der Waals surface area contributed by atoms with E-state index in [4.69, 9.17) is 3.07 Å². The Hall–Kier alpha value is 2.15. The average molecular weight is 480 g/mol. The number of alkyl halides is 4. The number of halogens is 3. The van der Waals surface area contributed by atoms with Crippen LogP contribution in [0.4, 0.5) is 0 Å². The first-order chi connectivity index (χ1) is 4.70. The molecule has 1 heterocycles. The van der Waals surface area contributed by atoms with E-state index < -0.39 is 20.2 Å². The summed E-state index contributed by atoms with van der Waals surface area (Å²) in [6, 6.07) is 0. The summed E-state index contributed by atoms with van der Waals surface area (Å²) in [5.74, 6) is 0. The van der Waals surface area contributed by atoms with Gasteiger partial charge in [-0.2, -0.15) is 0 Å². The average Bonchev–Trinajstić information content (AvgIpc) is 2.72. The van der Waals surface area contributed by atoms with Crippen molar-refractivity contribution in [1.82, 2.24) is 0 Å². The Labute approximate surface area is 97.3 Å². The second kappa shape index (κ2) is 4.40. The van der Waals surface area contributed by atoms with Gasteiger partial charge in [-0.15, -0.1) is 0 Å². The fourth-order valence-corrected chi connectivity index (χ4v) is 9.07. The monoisotopic (exact) mass is 480 g/mol. The summed E-state index contributed by atoms with van der Waals surface area (Å²) in [5, 5.41) is 0. The summed E-state index contributed by atoms with van der Waals surface area (Å²) in [6.45, 7) is 2.38. The van der Waals surface area contributed by atoms with Gasteiger partial charge in [0.25, 0.3) is 0 Å². The Balaban J connectivity index is 2.29. The minimum atomic E-state index is -0.742. The quantitative estimate of drug-likeness (QED) is 0.342. The second-order valence-electron chi connectivity index (χ2n) is 2.84. The van der Waals surface area contributed by atoms with Gasteiger partial charge in [-0.05, 0) is 0 Å². The Morgan fingerprint density at radius 1 is 1.50 bits per heavy atom. The normalized spacial score (nSPS) is 21.3. The zero-order valence-corrected chi connectivity index (χ0v) is 12.3. The van der Waals surface area contributed by atoms with Crippen molar-refractivity contribution in [3.8, 4) is 0 Å². The summed E-state index contributed by atoms with van der Waals surface area (Å²) < 4.78 is 10.5. The van der Waals surface area contributed by atoms with Crippen LogP contribution < -0.4 is 0 Å². The first kappa shape index (κ1) is 10.2. The SMILES string of the molecule is CC(CI)(CI)CI1CO1. The van der Waals surface area contributed by atoms with E-state index in [1.165, 1.54) is 13.3 Å². The Morgan fingerprint density at radius 2 is 2.00 bits per heavy atom. The van der Waals surface area contributed by atoms with Gasteiger partial charge >= 0.3 is 98.7 Å². The zero-order valence-electron chi connectivity index (χ0n) is 5.87. The van der Waals surface area contributed by atoms with Gasteiger partial charge in [-0.1, -0.05) is 0 Å². The molecule has 0 N–H and O–H groups in total. The number of hydrogen-bond donors (Lipinski definition) is 0.